The molecule has 12 rings (SSSR count). The summed E-state index contributed by atoms with van der Waals surface area (Å²) < 4.78 is 11.1. The fourth-order valence-corrected chi connectivity index (χ4v) is 13.6. The van der Waals surface area contributed by atoms with Crippen LogP contribution in [0.4, 0.5) is 0 Å². The van der Waals surface area contributed by atoms with E-state index in [-0.39, 0.29) is 0 Å². The Kier molecular flexibility index (Phi) is 6.81. The van der Waals surface area contributed by atoms with E-state index in [1.165, 1.54) is 114 Å². The Labute approximate surface area is 327 Å². The largest absolute Gasteiger partial charge is 0.134 e. The summed E-state index contributed by atoms with van der Waals surface area (Å²) in [5, 5.41) is 8.03. The molecule has 252 valence electrons. The number of hydrogen-bond acceptors (Lipinski definition) is 4. The van der Waals surface area contributed by atoms with Gasteiger partial charge in [0.05, 0.1) is 18.8 Å². The van der Waals surface area contributed by atoms with Crippen LogP contribution in [0.15, 0.2) is 170 Å². The van der Waals surface area contributed by atoms with Crippen LogP contribution < -0.4 is 0 Å². The predicted molar refractivity (Wildman–Crippen MR) is 242 cm³/mol. The van der Waals surface area contributed by atoms with Crippen LogP contribution in [0.1, 0.15) is 0 Å². The molecule has 8 aromatic carbocycles. The maximum atomic E-state index is 2.37. The van der Waals surface area contributed by atoms with Crippen LogP contribution in [-0.4, -0.2) is 0 Å². The standard InChI is InChI=1S/C50H28S4/c1-2-8-38-36(32-19-15-30(16-20-32)34-22-24-42-46(28-34)54-48-40-10-4-6-12-44(40)52-50(42)48)26-25-35(37(38)7-1)31-17-13-29(14-18-31)33-21-23-41-45(27-33)53-47-39-9-3-5-11-43(39)51-49(41)47/h1-28H. The van der Waals surface area contributed by atoms with E-state index in [9.17, 15) is 0 Å². The third-order valence-electron chi connectivity index (χ3n) is 11.0. The van der Waals surface area contributed by atoms with E-state index in [1.54, 1.807) is 0 Å². The van der Waals surface area contributed by atoms with Crippen molar-refractivity contribution in [3.05, 3.63) is 170 Å². The van der Waals surface area contributed by atoms with Crippen molar-refractivity contribution in [3.63, 3.8) is 0 Å². The average molecular weight is 757 g/mol. The number of fused-ring (bicyclic) bond motifs is 11. The van der Waals surface area contributed by atoms with Crippen LogP contribution in [0.3, 0.4) is 0 Å². The van der Waals surface area contributed by atoms with Crippen LogP contribution in [0.2, 0.25) is 0 Å². The first-order valence-corrected chi connectivity index (χ1v) is 21.4. The van der Waals surface area contributed by atoms with Gasteiger partial charge in [-0.2, -0.15) is 0 Å². The molecule has 12 aromatic rings. The normalized spacial score (nSPS) is 12.1. The Morgan fingerprint density at radius 1 is 0.222 bits per heavy atom. The van der Waals surface area contributed by atoms with Crippen molar-refractivity contribution in [2.24, 2.45) is 0 Å². The topological polar surface area (TPSA) is 0 Å². The molecule has 0 aliphatic heterocycles. The Morgan fingerprint density at radius 3 is 0.963 bits per heavy atom. The highest BCUT2D eigenvalue weighted by atomic mass is 32.1. The summed E-state index contributed by atoms with van der Waals surface area (Å²) in [4.78, 5) is 0. The van der Waals surface area contributed by atoms with E-state index < -0.39 is 0 Å². The van der Waals surface area contributed by atoms with Crippen molar-refractivity contribution in [1.82, 2.24) is 0 Å². The van der Waals surface area contributed by atoms with Crippen LogP contribution in [0.25, 0.3) is 114 Å². The third kappa shape index (κ3) is 4.71. The molecule has 4 heteroatoms. The molecule has 0 aliphatic rings. The van der Waals surface area contributed by atoms with Gasteiger partial charge in [-0.3, -0.25) is 0 Å². The highest BCUT2D eigenvalue weighted by molar-refractivity contribution is 7.37. The summed E-state index contributed by atoms with van der Waals surface area (Å²) >= 11 is 7.66. The van der Waals surface area contributed by atoms with Gasteiger partial charge in [0.25, 0.3) is 0 Å². The molecule has 0 saturated heterocycles. The molecular weight excluding hydrogens is 729 g/mol. The molecule has 0 saturated carbocycles. The van der Waals surface area contributed by atoms with Gasteiger partial charge in [-0.15, -0.1) is 45.3 Å². The van der Waals surface area contributed by atoms with E-state index in [4.69, 9.17) is 0 Å². The molecule has 0 atom stereocenters. The molecule has 0 unspecified atom stereocenters. The lowest BCUT2D eigenvalue weighted by molar-refractivity contribution is 1.60. The molecule has 0 radical (unpaired) electrons. The van der Waals surface area contributed by atoms with Crippen molar-refractivity contribution >= 4 is 115 Å². The smallest absolute Gasteiger partial charge is 0.0542 e. The van der Waals surface area contributed by atoms with Gasteiger partial charge in [0.2, 0.25) is 0 Å². The van der Waals surface area contributed by atoms with Gasteiger partial charge < -0.3 is 0 Å². The second-order valence-corrected chi connectivity index (χ2v) is 18.2. The first kappa shape index (κ1) is 30.8. The van der Waals surface area contributed by atoms with Gasteiger partial charge in [0.15, 0.2) is 0 Å². The molecular formula is C50H28S4. The summed E-state index contributed by atoms with van der Waals surface area (Å²) in [6.07, 6.45) is 0. The van der Waals surface area contributed by atoms with Crippen LogP contribution >= 0.6 is 45.3 Å². The molecule has 0 bridgehead atoms. The van der Waals surface area contributed by atoms with Crippen LogP contribution in [-0.2, 0) is 0 Å². The molecule has 0 fully saturated rings. The molecule has 4 aromatic heterocycles. The highest BCUT2D eigenvalue weighted by Gasteiger charge is 2.15. The van der Waals surface area contributed by atoms with Gasteiger partial charge in [-0.25, -0.2) is 0 Å². The maximum absolute atomic E-state index is 2.37. The summed E-state index contributed by atoms with van der Waals surface area (Å²) in [7, 11) is 0. The summed E-state index contributed by atoms with van der Waals surface area (Å²) in [6, 6.07) is 63.2. The van der Waals surface area contributed by atoms with Crippen molar-refractivity contribution in [3.8, 4) is 44.5 Å². The monoisotopic (exact) mass is 756 g/mol. The van der Waals surface area contributed by atoms with Gasteiger partial charge in [-0.1, -0.05) is 146 Å². The van der Waals surface area contributed by atoms with Crippen molar-refractivity contribution < 1.29 is 0 Å². The lowest BCUT2D eigenvalue weighted by atomic mass is 9.91. The molecule has 0 spiro atoms. The van der Waals surface area contributed by atoms with Crippen LogP contribution in [0, 0.1) is 0 Å². The fraction of sp³-hybridized carbons (Fsp3) is 0. The van der Waals surface area contributed by atoms with E-state index >= 15 is 0 Å². The fourth-order valence-electron chi connectivity index (χ4n) is 8.26. The summed E-state index contributed by atoms with van der Waals surface area (Å²) in [5.41, 5.74) is 10.0. The SMILES string of the molecule is c1ccc2c(c1)sc1c3ccc(-c4ccc(-c5ccc(-c6ccc(-c7ccc8c(c7)sc7c9ccccc9sc87)cc6)c6ccccc56)cc4)cc3sc21. The first-order valence-electron chi connectivity index (χ1n) is 18.1. The molecule has 0 N–H and O–H groups in total. The minimum absolute atomic E-state index is 1.23. The number of hydrogen-bond donors (Lipinski definition) is 0. The predicted octanol–water partition coefficient (Wildman–Crippen LogP) is 16.7. The Morgan fingerprint density at radius 2 is 0.537 bits per heavy atom. The van der Waals surface area contributed by atoms with E-state index in [1.807, 2.05) is 45.3 Å². The van der Waals surface area contributed by atoms with Gasteiger partial charge >= 0.3 is 0 Å². The Hall–Kier alpha value is -5.62. The van der Waals surface area contributed by atoms with Crippen molar-refractivity contribution in [2.75, 3.05) is 0 Å². The van der Waals surface area contributed by atoms with Crippen LogP contribution in [0.5, 0.6) is 0 Å². The Balaban J connectivity index is 0.855. The highest BCUT2D eigenvalue weighted by Crippen LogP contribution is 2.47. The quantitative estimate of drug-likeness (QED) is 0.168. The molecule has 54 heavy (non-hydrogen) atoms. The number of rotatable bonds is 4. The first-order chi connectivity index (χ1) is 26.7. The van der Waals surface area contributed by atoms with E-state index in [2.05, 4.69) is 170 Å². The second-order valence-electron chi connectivity index (χ2n) is 14.0. The zero-order chi connectivity index (χ0) is 35.3. The molecule has 0 aliphatic carbocycles. The lowest BCUT2D eigenvalue weighted by Gasteiger charge is -2.13. The lowest BCUT2D eigenvalue weighted by Crippen LogP contribution is -1.87. The average Bonchev–Trinajstić information content (AvgIpc) is 3.98. The van der Waals surface area contributed by atoms with Crippen molar-refractivity contribution in [2.45, 2.75) is 0 Å². The Bertz CT molecular complexity index is 3190. The van der Waals surface area contributed by atoms with Gasteiger partial charge in [-0.05, 0) is 79.5 Å². The van der Waals surface area contributed by atoms with Gasteiger partial charge in [0, 0.05) is 40.3 Å². The van der Waals surface area contributed by atoms with Crippen molar-refractivity contribution in [1.29, 1.82) is 0 Å². The molecule has 0 nitrogen and oxygen atoms in total. The number of benzene rings is 8. The number of thiophene rings is 4. The molecule has 0 amide bonds. The zero-order valence-corrected chi connectivity index (χ0v) is 32.1. The summed E-state index contributed by atoms with van der Waals surface area (Å²) in [6.45, 7) is 0. The van der Waals surface area contributed by atoms with Gasteiger partial charge in [0.1, 0.15) is 0 Å². The second kappa shape index (κ2) is 11.9. The maximum Gasteiger partial charge on any atom is 0.0542 e. The third-order valence-corrected chi connectivity index (χ3v) is 16.0. The summed E-state index contributed by atoms with van der Waals surface area (Å²) in [5.74, 6) is 0. The minimum Gasteiger partial charge on any atom is -0.134 e. The van der Waals surface area contributed by atoms with E-state index in [0.29, 0.717) is 0 Å². The minimum atomic E-state index is 1.23. The molecule has 4 heterocycles. The van der Waals surface area contributed by atoms with E-state index in [0.717, 1.165) is 0 Å². The zero-order valence-electron chi connectivity index (χ0n) is 28.8.